The Kier molecular flexibility index (Phi) is 4.87. The molecule has 0 spiro atoms. The molecule has 0 aliphatic carbocycles. The summed E-state index contributed by atoms with van der Waals surface area (Å²) in [5.74, 6) is 0.312. The van der Waals surface area contributed by atoms with Crippen LogP contribution in [0.2, 0.25) is 5.02 Å². The Morgan fingerprint density at radius 3 is 2.97 bits per heavy atom. The number of anilines is 1. The Morgan fingerprint density at radius 1 is 1.28 bits per heavy atom. The van der Waals surface area contributed by atoms with Gasteiger partial charge in [-0.2, -0.15) is 4.80 Å². The SMILES string of the molecule is CN1C(=O)COc2ncn(Cc3nnn(C[C@H](O)c4cc5cc(Cl)ccc5o4)n3)c(=O)c21. The molecule has 0 saturated heterocycles. The number of hydrogen-bond donors (Lipinski definition) is 1. The van der Waals surface area contributed by atoms with Crippen molar-refractivity contribution in [2.24, 2.45) is 0 Å². The number of likely N-dealkylation sites (N-methyl/N-ethyl adjacent to an activating group) is 1. The third-order valence-corrected chi connectivity index (χ3v) is 5.23. The Bertz CT molecular complexity index is 1390. The number of rotatable bonds is 5. The van der Waals surface area contributed by atoms with Gasteiger partial charge in [0, 0.05) is 17.5 Å². The first-order valence-corrected chi connectivity index (χ1v) is 9.89. The monoisotopic (exact) mass is 457 g/mol. The van der Waals surface area contributed by atoms with Gasteiger partial charge in [-0.3, -0.25) is 14.2 Å². The highest BCUT2D eigenvalue weighted by Crippen LogP contribution is 2.27. The molecule has 0 unspecified atom stereocenters. The smallest absolute Gasteiger partial charge is 0.281 e. The van der Waals surface area contributed by atoms with Crippen LogP contribution in [0.3, 0.4) is 0 Å². The largest absolute Gasteiger partial charge is 0.466 e. The van der Waals surface area contributed by atoms with Crippen LogP contribution in [-0.4, -0.2) is 54.4 Å². The van der Waals surface area contributed by atoms with Crippen molar-refractivity contribution in [1.29, 1.82) is 0 Å². The van der Waals surface area contributed by atoms with Gasteiger partial charge in [0.1, 0.15) is 23.8 Å². The zero-order chi connectivity index (χ0) is 22.4. The number of ether oxygens (including phenoxy) is 1. The zero-order valence-electron chi connectivity index (χ0n) is 16.7. The van der Waals surface area contributed by atoms with E-state index in [0.717, 1.165) is 5.39 Å². The Morgan fingerprint density at radius 2 is 2.12 bits per heavy atom. The number of fused-ring (bicyclic) bond motifs is 2. The average molecular weight is 458 g/mol. The molecule has 4 aromatic rings. The summed E-state index contributed by atoms with van der Waals surface area (Å²) in [4.78, 5) is 31.1. The molecule has 1 N–H and O–H groups in total. The van der Waals surface area contributed by atoms with Crippen molar-refractivity contribution in [2.45, 2.75) is 19.2 Å². The van der Waals surface area contributed by atoms with Crippen LogP contribution in [0.5, 0.6) is 5.88 Å². The lowest BCUT2D eigenvalue weighted by Crippen LogP contribution is -2.41. The molecule has 13 heteroatoms. The molecule has 0 saturated carbocycles. The first-order valence-electron chi connectivity index (χ1n) is 9.51. The molecular weight excluding hydrogens is 442 g/mol. The fourth-order valence-electron chi connectivity index (χ4n) is 3.33. The normalized spacial score (nSPS) is 14.5. The van der Waals surface area contributed by atoms with E-state index in [1.807, 2.05) is 0 Å². The summed E-state index contributed by atoms with van der Waals surface area (Å²) in [6.45, 7) is -0.209. The fraction of sp³-hybridized carbons (Fsp3) is 0.263. The Labute approximate surface area is 184 Å². The van der Waals surface area contributed by atoms with Crippen molar-refractivity contribution < 1.29 is 19.1 Å². The summed E-state index contributed by atoms with van der Waals surface area (Å²) in [5, 5.41) is 23.9. The molecular formula is C19H16ClN7O5. The zero-order valence-corrected chi connectivity index (χ0v) is 17.4. The quantitative estimate of drug-likeness (QED) is 0.459. The minimum absolute atomic E-state index is 0.0109. The van der Waals surface area contributed by atoms with Crippen molar-refractivity contribution in [3.8, 4) is 5.88 Å². The van der Waals surface area contributed by atoms with Crippen LogP contribution in [0.1, 0.15) is 17.7 Å². The van der Waals surface area contributed by atoms with Gasteiger partial charge < -0.3 is 19.2 Å². The number of aliphatic hydroxyl groups excluding tert-OH is 1. The number of aromatic nitrogens is 6. The summed E-state index contributed by atoms with van der Waals surface area (Å²) < 4.78 is 12.1. The van der Waals surface area contributed by atoms with Crippen LogP contribution in [0.15, 0.2) is 39.8 Å². The lowest BCUT2D eigenvalue weighted by Gasteiger charge is -2.24. The third-order valence-electron chi connectivity index (χ3n) is 4.99. The van der Waals surface area contributed by atoms with Gasteiger partial charge in [-0.25, -0.2) is 4.98 Å². The highest BCUT2D eigenvalue weighted by Gasteiger charge is 2.27. The third kappa shape index (κ3) is 3.59. The summed E-state index contributed by atoms with van der Waals surface area (Å²) >= 11 is 5.98. The topological polar surface area (TPSA) is 141 Å². The lowest BCUT2D eigenvalue weighted by molar-refractivity contribution is -0.121. The van der Waals surface area contributed by atoms with Crippen LogP contribution in [0, 0.1) is 0 Å². The maximum atomic E-state index is 12.8. The van der Waals surface area contributed by atoms with Gasteiger partial charge in [0.15, 0.2) is 18.1 Å². The van der Waals surface area contributed by atoms with Gasteiger partial charge >= 0.3 is 0 Å². The van der Waals surface area contributed by atoms with E-state index < -0.39 is 11.7 Å². The second-order valence-corrected chi connectivity index (χ2v) is 7.62. The van der Waals surface area contributed by atoms with E-state index in [1.165, 1.54) is 27.6 Å². The minimum Gasteiger partial charge on any atom is -0.466 e. The maximum absolute atomic E-state index is 12.8. The molecule has 0 fully saturated rings. The number of furan rings is 1. The molecule has 0 bridgehead atoms. The van der Waals surface area contributed by atoms with Gasteiger partial charge in [0.25, 0.3) is 11.5 Å². The van der Waals surface area contributed by atoms with Crippen LogP contribution < -0.4 is 15.2 Å². The van der Waals surface area contributed by atoms with Gasteiger partial charge in [-0.05, 0) is 29.5 Å². The maximum Gasteiger partial charge on any atom is 0.281 e. The molecule has 1 amide bonds. The molecule has 1 aromatic carbocycles. The van der Waals surface area contributed by atoms with E-state index >= 15 is 0 Å². The molecule has 5 rings (SSSR count). The molecule has 0 radical (unpaired) electrons. The number of carbonyl (C=O) groups excluding carboxylic acids is 1. The standard InChI is InChI=1S/C19H16ClN7O5/c1-25-16(29)8-31-18-17(25)19(30)26(9-21-18)7-15-22-24-27(23-15)6-12(28)14-5-10-4-11(20)2-3-13(10)32-14/h2-5,9,12,28H,6-8H2,1H3/t12-/m0/s1. The molecule has 32 heavy (non-hydrogen) atoms. The fourth-order valence-corrected chi connectivity index (χ4v) is 3.51. The summed E-state index contributed by atoms with van der Waals surface area (Å²) in [7, 11) is 1.49. The first-order chi connectivity index (χ1) is 15.4. The van der Waals surface area contributed by atoms with Crippen molar-refractivity contribution >= 4 is 34.2 Å². The summed E-state index contributed by atoms with van der Waals surface area (Å²) in [6, 6.07) is 6.86. The molecule has 1 aliphatic heterocycles. The number of benzene rings is 1. The number of tetrazole rings is 1. The van der Waals surface area contributed by atoms with Crippen molar-refractivity contribution in [2.75, 3.05) is 18.6 Å². The van der Waals surface area contributed by atoms with Gasteiger partial charge in [-0.1, -0.05) is 11.6 Å². The highest BCUT2D eigenvalue weighted by molar-refractivity contribution is 6.31. The summed E-state index contributed by atoms with van der Waals surface area (Å²) in [5.41, 5.74) is 0.182. The Balaban J connectivity index is 1.33. The van der Waals surface area contributed by atoms with Crippen LogP contribution in [-0.2, 0) is 17.9 Å². The molecule has 4 heterocycles. The van der Waals surface area contributed by atoms with Crippen LogP contribution in [0.4, 0.5) is 5.69 Å². The van der Waals surface area contributed by atoms with E-state index in [4.69, 9.17) is 20.8 Å². The second kappa shape index (κ2) is 7.73. The molecule has 164 valence electrons. The van der Waals surface area contributed by atoms with Crippen molar-refractivity contribution in [1.82, 2.24) is 29.8 Å². The molecule has 12 nitrogen and oxygen atoms in total. The number of amides is 1. The van der Waals surface area contributed by atoms with Gasteiger partial charge in [0.2, 0.25) is 5.88 Å². The van der Waals surface area contributed by atoms with Crippen molar-refractivity contribution in [3.05, 3.63) is 57.6 Å². The van der Waals surface area contributed by atoms with Crippen LogP contribution in [0.25, 0.3) is 11.0 Å². The van der Waals surface area contributed by atoms with Gasteiger partial charge in [0.05, 0.1) is 13.1 Å². The minimum atomic E-state index is -1.02. The first kappa shape index (κ1) is 20.2. The second-order valence-electron chi connectivity index (χ2n) is 7.18. The highest BCUT2D eigenvalue weighted by atomic mass is 35.5. The average Bonchev–Trinajstić information content (AvgIpc) is 3.39. The number of nitrogens with zero attached hydrogens (tertiary/aromatic N) is 7. The van der Waals surface area contributed by atoms with E-state index in [9.17, 15) is 14.7 Å². The predicted octanol–water partition coefficient (Wildman–Crippen LogP) is 0.766. The Hall–Kier alpha value is -3.77. The lowest BCUT2D eigenvalue weighted by atomic mass is 10.2. The van der Waals surface area contributed by atoms with E-state index in [-0.39, 0.29) is 43.0 Å². The van der Waals surface area contributed by atoms with Gasteiger partial charge in [-0.15, -0.1) is 10.2 Å². The molecule has 3 aromatic heterocycles. The van der Waals surface area contributed by atoms with E-state index in [2.05, 4.69) is 20.4 Å². The number of carbonyl (C=O) groups is 1. The van der Waals surface area contributed by atoms with Crippen molar-refractivity contribution in [3.63, 3.8) is 0 Å². The number of aliphatic hydroxyl groups is 1. The number of hydrogen-bond acceptors (Lipinski definition) is 9. The number of halogens is 1. The van der Waals surface area contributed by atoms with E-state index in [0.29, 0.717) is 16.4 Å². The predicted molar refractivity (Wildman–Crippen MR) is 111 cm³/mol. The van der Waals surface area contributed by atoms with E-state index in [1.54, 1.807) is 24.3 Å². The molecule has 1 aliphatic rings. The summed E-state index contributed by atoms with van der Waals surface area (Å²) in [6.07, 6.45) is 0.271. The van der Waals surface area contributed by atoms with Crippen LogP contribution >= 0.6 is 11.6 Å². The molecule has 1 atom stereocenters.